The van der Waals surface area contributed by atoms with Gasteiger partial charge in [-0.25, -0.2) is 4.98 Å². The fraction of sp³-hybridized carbons (Fsp3) is 0.438. The van der Waals surface area contributed by atoms with Crippen molar-refractivity contribution in [2.45, 2.75) is 46.2 Å². The minimum Gasteiger partial charge on any atom is -0.353 e. The third-order valence-electron chi connectivity index (χ3n) is 3.02. The fourth-order valence-corrected chi connectivity index (χ4v) is 2.19. The van der Waals surface area contributed by atoms with Crippen molar-refractivity contribution in [3.63, 3.8) is 0 Å². The first-order chi connectivity index (χ1) is 9.15. The van der Waals surface area contributed by atoms with E-state index >= 15 is 0 Å². The molecule has 0 amide bonds. The summed E-state index contributed by atoms with van der Waals surface area (Å²) in [6, 6.07) is 11.0. The molecule has 0 bridgehead atoms. The van der Waals surface area contributed by atoms with Gasteiger partial charge in [0.2, 0.25) is 5.95 Å². The first-order valence-corrected chi connectivity index (χ1v) is 6.99. The van der Waals surface area contributed by atoms with Crippen molar-refractivity contribution in [2.75, 3.05) is 5.32 Å². The van der Waals surface area contributed by atoms with Gasteiger partial charge in [0.25, 0.3) is 0 Å². The molecular formula is C16H23N3. The van der Waals surface area contributed by atoms with Gasteiger partial charge in [-0.15, -0.1) is 0 Å². The van der Waals surface area contributed by atoms with Gasteiger partial charge < -0.3 is 9.88 Å². The van der Waals surface area contributed by atoms with Crippen LogP contribution in [0.2, 0.25) is 0 Å². The van der Waals surface area contributed by atoms with Crippen LogP contribution in [0.5, 0.6) is 0 Å². The molecule has 0 unspecified atom stereocenters. The van der Waals surface area contributed by atoms with Gasteiger partial charge in [0, 0.05) is 18.8 Å². The van der Waals surface area contributed by atoms with Crippen LogP contribution >= 0.6 is 0 Å². The summed E-state index contributed by atoms with van der Waals surface area (Å²) in [5, 5.41) is 3.39. The first kappa shape index (κ1) is 13.7. The van der Waals surface area contributed by atoms with E-state index in [-0.39, 0.29) is 0 Å². The molecule has 0 aliphatic rings. The van der Waals surface area contributed by atoms with E-state index in [1.807, 2.05) is 6.92 Å². The van der Waals surface area contributed by atoms with Gasteiger partial charge in [-0.3, -0.25) is 0 Å². The Hall–Kier alpha value is -1.77. The lowest BCUT2D eigenvalue weighted by Gasteiger charge is -2.12. The van der Waals surface area contributed by atoms with Crippen LogP contribution in [0.15, 0.2) is 36.5 Å². The van der Waals surface area contributed by atoms with E-state index in [1.165, 1.54) is 5.56 Å². The van der Waals surface area contributed by atoms with Crippen LogP contribution in [0.4, 0.5) is 5.95 Å². The summed E-state index contributed by atoms with van der Waals surface area (Å²) in [6.45, 7) is 7.32. The van der Waals surface area contributed by atoms with Crippen LogP contribution in [0, 0.1) is 6.92 Å². The Bertz CT molecular complexity index is 500. The maximum Gasteiger partial charge on any atom is 0.203 e. The van der Waals surface area contributed by atoms with Gasteiger partial charge in [0.1, 0.15) is 0 Å². The molecule has 0 radical (unpaired) electrons. The summed E-state index contributed by atoms with van der Waals surface area (Å²) in [6.07, 6.45) is 4.36. The van der Waals surface area contributed by atoms with Crippen molar-refractivity contribution in [3.8, 4) is 0 Å². The van der Waals surface area contributed by atoms with E-state index in [4.69, 9.17) is 0 Å². The lowest BCUT2D eigenvalue weighted by Crippen LogP contribution is -2.14. The second-order valence-electron chi connectivity index (χ2n) is 5.29. The van der Waals surface area contributed by atoms with Crippen molar-refractivity contribution in [2.24, 2.45) is 0 Å². The van der Waals surface area contributed by atoms with Crippen molar-refractivity contribution in [3.05, 3.63) is 47.8 Å². The number of benzene rings is 1. The van der Waals surface area contributed by atoms with Gasteiger partial charge >= 0.3 is 0 Å². The number of imidazole rings is 1. The third-order valence-corrected chi connectivity index (χ3v) is 3.02. The number of nitrogens with zero attached hydrogens (tertiary/aromatic N) is 2. The molecule has 0 saturated heterocycles. The molecule has 1 N–H and O–H groups in total. The average Bonchev–Trinajstić information content (AvgIpc) is 2.70. The molecule has 0 saturated carbocycles. The van der Waals surface area contributed by atoms with Gasteiger partial charge in [0.05, 0.1) is 5.69 Å². The summed E-state index contributed by atoms with van der Waals surface area (Å²) in [4.78, 5) is 4.53. The van der Waals surface area contributed by atoms with Crippen LogP contribution in [0.3, 0.4) is 0 Å². The Balaban J connectivity index is 1.92. The standard InChI is InChI=1S/C16H23N3/c1-13(2)17-16-18-14(3)12-19(16)11-7-10-15-8-5-4-6-9-15/h4-6,8-9,12-13H,7,10-11H2,1-3H3,(H,17,18). The number of rotatable bonds is 6. The first-order valence-electron chi connectivity index (χ1n) is 6.99. The second kappa shape index (κ2) is 6.41. The predicted octanol–water partition coefficient (Wildman–Crippen LogP) is 3.64. The van der Waals surface area contributed by atoms with Gasteiger partial charge in [-0.1, -0.05) is 30.3 Å². The molecule has 1 heterocycles. The highest BCUT2D eigenvalue weighted by atomic mass is 15.2. The largest absolute Gasteiger partial charge is 0.353 e. The lowest BCUT2D eigenvalue weighted by atomic mass is 10.1. The molecule has 102 valence electrons. The molecule has 3 heteroatoms. The van der Waals surface area contributed by atoms with Crippen LogP contribution in [0.1, 0.15) is 31.5 Å². The predicted molar refractivity (Wildman–Crippen MR) is 80.5 cm³/mol. The number of hydrogen-bond acceptors (Lipinski definition) is 2. The summed E-state index contributed by atoms with van der Waals surface area (Å²) in [5.74, 6) is 0.987. The lowest BCUT2D eigenvalue weighted by molar-refractivity contribution is 0.641. The number of aromatic nitrogens is 2. The summed E-state index contributed by atoms with van der Waals surface area (Å²) < 4.78 is 2.22. The SMILES string of the molecule is Cc1cn(CCCc2ccccc2)c(NC(C)C)n1. The number of aryl methyl sites for hydroxylation is 3. The van der Waals surface area contributed by atoms with E-state index < -0.39 is 0 Å². The highest BCUT2D eigenvalue weighted by Gasteiger charge is 2.06. The third kappa shape index (κ3) is 4.12. The molecule has 1 aromatic heterocycles. The maximum absolute atomic E-state index is 4.53. The quantitative estimate of drug-likeness (QED) is 0.856. The van der Waals surface area contributed by atoms with E-state index in [1.54, 1.807) is 0 Å². The van der Waals surface area contributed by atoms with Crippen molar-refractivity contribution >= 4 is 5.95 Å². The van der Waals surface area contributed by atoms with E-state index in [0.29, 0.717) is 6.04 Å². The fourth-order valence-electron chi connectivity index (χ4n) is 2.19. The summed E-state index contributed by atoms with van der Waals surface area (Å²) in [7, 11) is 0. The van der Waals surface area contributed by atoms with Crippen molar-refractivity contribution in [1.82, 2.24) is 9.55 Å². The molecule has 0 fully saturated rings. The Morgan fingerprint density at radius 1 is 1.21 bits per heavy atom. The van der Waals surface area contributed by atoms with Gasteiger partial charge in [0.15, 0.2) is 0 Å². The zero-order valence-electron chi connectivity index (χ0n) is 12.1. The van der Waals surface area contributed by atoms with Crippen LogP contribution in [-0.2, 0) is 13.0 Å². The molecular weight excluding hydrogens is 234 g/mol. The van der Waals surface area contributed by atoms with E-state index in [0.717, 1.165) is 31.0 Å². The van der Waals surface area contributed by atoms with E-state index in [9.17, 15) is 0 Å². The summed E-state index contributed by atoms with van der Waals surface area (Å²) in [5.41, 5.74) is 2.47. The zero-order valence-corrected chi connectivity index (χ0v) is 12.1. The van der Waals surface area contributed by atoms with Gasteiger partial charge in [-0.2, -0.15) is 0 Å². The van der Waals surface area contributed by atoms with Crippen LogP contribution in [0.25, 0.3) is 0 Å². The number of hydrogen-bond donors (Lipinski definition) is 1. The average molecular weight is 257 g/mol. The molecule has 0 atom stereocenters. The maximum atomic E-state index is 4.53. The molecule has 0 spiro atoms. The second-order valence-corrected chi connectivity index (χ2v) is 5.29. The molecule has 19 heavy (non-hydrogen) atoms. The van der Waals surface area contributed by atoms with Crippen molar-refractivity contribution in [1.29, 1.82) is 0 Å². The van der Waals surface area contributed by atoms with Crippen LogP contribution < -0.4 is 5.32 Å². The monoisotopic (exact) mass is 257 g/mol. The van der Waals surface area contributed by atoms with Crippen LogP contribution in [-0.4, -0.2) is 15.6 Å². The summed E-state index contributed by atoms with van der Waals surface area (Å²) >= 11 is 0. The molecule has 1 aromatic carbocycles. The minimum atomic E-state index is 0.412. The number of nitrogens with one attached hydrogen (secondary N) is 1. The highest BCUT2D eigenvalue weighted by molar-refractivity contribution is 5.29. The Labute approximate surface area is 115 Å². The topological polar surface area (TPSA) is 29.9 Å². The smallest absolute Gasteiger partial charge is 0.203 e. The zero-order chi connectivity index (χ0) is 13.7. The highest BCUT2D eigenvalue weighted by Crippen LogP contribution is 2.12. The minimum absolute atomic E-state index is 0.412. The molecule has 3 nitrogen and oxygen atoms in total. The van der Waals surface area contributed by atoms with Gasteiger partial charge in [-0.05, 0) is 39.2 Å². The molecule has 0 aliphatic heterocycles. The molecule has 2 aromatic rings. The number of anilines is 1. The Morgan fingerprint density at radius 3 is 2.63 bits per heavy atom. The molecule has 0 aliphatic carbocycles. The van der Waals surface area contributed by atoms with Crippen molar-refractivity contribution < 1.29 is 0 Å². The Kier molecular flexibility index (Phi) is 4.61. The van der Waals surface area contributed by atoms with E-state index in [2.05, 4.69) is 65.2 Å². The Morgan fingerprint density at radius 2 is 1.95 bits per heavy atom. The molecule has 2 rings (SSSR count). The normalized spacial score (nSPS) is 10.9.